The molecule has 1 aromatic rings. The molecule has 0 atom stereocenters. The highest BCUT2D eigenvalue weighted by atomic mass is 35.5. The van der Waals surface area contributed by atoms with Gasteiger partial charge in [-0.25, -0.2) is 0 Å². The topological polar surface area (TPSA) is 49.7 Å². The van der Waals surface area contributed by atoms with Gasteiger partial charge in [-0.15, -0.1) is 4.40 Å². The van der Waals surface area contributed by atoms with Crippen LogP contribution in [0, 0.1) is 0 Å². The molecular weight excluding hydrogens is 236 g/mol. The highest BCUT2D eigenvalue weighted by molar-refractivity contribution is 7.90. The van der Waals surface area contributed by atoms with Crippen LogP contribution >= 0.6 is 11.6 Å². The quantitative estimate of drug-likeness (QED) is 0.708. The van der Waals surface area contributed by atoms with Gasteiger partial charge in [0.15, 0.2) is 0 Å². The zero-order valence-corrected chi connectivity index (χ0v) is 9.59. The molecule has 6 heteroatoms. The number of halogens is 1. The highest BCUT2D eigenvalue weighted by Gasteiger charge is 2.28. The Labute approximate surface area is 93.2 Å². The summed E-state index contributed by atoms with van der Waals surface area (Å²) in [4.78, 5) is 1.86. The molecule has 0 aliphatic carbocycles. The zero-order chi connectivity index (χ0) is 11.1. The van der Waals surface area contributed by atoms with Gasteiger partial charge >= 0.3 is 0 Å². The van der Waals surface area contributed by atoms with Crippen LogP contribution in [0.1, 0.15) is 6.92 Å². The number of sulfonamides is 1. The van der Waals surface area contributed by atoms with E-state index in [-0.39, 0.29) is 10.2 Å². The molecule has 0 bridgehead atoms. The van der Waals surface area contributed by atoms with E-state index in [1.165, 1.54) is 6.07 Å². The van der Waals surface area contributed by atoms with Gasteiger partial charge in [0.05, 0.1) is 5.69 Å². The summed E-state index contributed by atoms with van der Waals surface area (Å²) in [5, 5.41) is -0.00352. The number of anilines is 1. The first-order valence-corrected chi connectivity index (χ1v) is 6.25. The fourth-order valence-electron chi connectivity index (χ4n) is 1.50. The summed E-state index contributed by atoms with van der Waals surface area (Å²) >= 11 is 5.79. The molecule has 0 N–H and O–H groups in total. The molecule has 0 aromatic heterocycles. The largest absolute Gasteiger partial charge is 0.315 e. The van der Waals surface area contributed by atoms with Crippen molar-refractivity contribution in [1.29, 1.82) is 0 Å². The van der Waals surface area contributed by atoms with E-state index in [9.17, 15) is 8.42 Å². The van der Waals surface area contributed by atoms with Crippen LogP contribution in [0.3, 0.4) is 0 Å². The van der Waals surface area contributed by atoms with Gasteiger partial charge in [-0.2, -0.15) is 8.42 Å². The van der Waals surface area contributed by atoms with E-state index < -0.39 is 10.0 Å². The van der Waals surface area contributed by atoms with Crippen LogP contribution in [-0.2, 0) is 10.0 Å². The fraction of sp³-hybridized carbons (Fsp3) is 0.222. The van der Waals surface area contributed by atoms with Gasteiger partial charge in [0.1, 0.15) is 4.90 Å². The maximum Gasteiger partial charge on any atom is 0.287 e. The van der Waals surface area contributed by atoms with E-state index in [1.54, 1.807) is 23.1 Å². The van der Waals surface area contributed by atoms with E-state index >= 15 is 0 Å². The number of nitrogens with zero attached hydrogens (tertiary/aromatic N) is 2. The van der Waals surface area contributed by atoms with Gasteiger partial charge in [-0.1, -0.05) is 12.1 Å². The third kappa shape index (κ3) is 1.61. The molecule has 4 nitrogen and oxygen atoms in total. The highest BCUT2D eigenvalue weighted by Crippen LogP contribution is 2.31. The van der Waals surface area contributed by atoms with Crippen LogP contribution in [0.5, 0.6) is 0 Å². The van der Waals surface area contributed by atoms with Gasteiger partial charge < -0.3 is 4.90 Å². The number of para-hydroxylation sites is 1. The second-order valence-corrected chi connectivity index (χ2v) is 4.96. The van der Waals surface area contributed by atoms with Crippen LogP contribution < -0.4 is 4.90 Å². The molecule has 1 heterocycles. The average molecular weight is 245 g/mol. The van der Waals surface area contributed by atoms with Crippen molar-refractivity contribution in [3.8, 4) is 0 Å². The lowest BCUT2D eigenvalue weighted by Crippen LogP contribution is -2.32. The lowest BCUT2D eigenvalue weighted by Gasteiger charge is -2.26. The Morgan fingerprint density at radius 3 is 2.73 bits per heavy atom. The molecule has 80 valence electrons. The molecule has 0 saturated carbocycles. The fourth-order valence-corrected chi connectivity index (χ4v) is 3.07. The summed E-state index contributed by atoms with van der Waals surface area (Å²) in [5.41, 5.74) is 0.583. The van der Waals surface area contributed by atoms with Gasteiger partial charge in [0.25, 0.3) is 10.0 Å². The molecule has 0 spiro atoms. The molecule has 0 amide bonds. The number of hydrogen-bond acceptors (Lipinski definition) is 3. The minimum absolute atomic E-state index is 0.00352. The van der Waals surface area contributed by atoms with Crippen LogP contribution in [0.25, 0.3) is 0 Å². The van der Waals surface area contributed by atoms with Crippen molar-refractivity contribution in [1.82, 2.24) is 0 Å². The SMILES string of the molecule is CCN1C(Cl)=NS(=O)(=O)c2ccccc21. The van der Waals surface area contributed by atoms with Crippen molar-refractivity contribution in [3.63, 3.8) is 0 Å². The molecule has 0 fully saturated rings. The van der Waals surface area contributed by atoms with E-state index in [1.807, 2.05) is 6.92 Å². The van der Waals surface area contributed by atoms with Crippen molar-refractivity contribution in [2.75, 3.05) is 11.4 Å². The summed E-state index contributed by atoms with van der Waals surface area (Å²) in [7, 11) is -3.62. The lowest BCUT2D eigenvalue weighted by molar-refractivity contribution is 0.597. The molecule has 1 aromatic carbocycles. The third-order valence-electron chi connectivity index (χ3n) is 2.17. The van der Waals surface area contributed by atoms with Gasteiger partial charge in [0.2, 0.25) is 5.29 Å². The van der Waals surface area contributed by atoms with E-state index in [4.69, 9.17) is 11.6 Å². The van der Waals surface area contributed by atoms with Crippen molar-refractivity contribution >= 4 is 32.6 Å². The smallest absolute Gasteiger partial charge is 0.287 e. The van der Waals surface area contributed by atoms with Crippen molar-refractivity contribution < 1.29 is 8.42 Å². The number of amidine groups is 1. The summed E-state index contributed by atoms with van der Waals surface area (Å²) in [6, 6.07) is 6.68. The first-order valence-electron chi connectivity index (χ1n) is 4.43. The van der Waals surface area contributed by atoms with Gasteiger partial charge in [-0.3, -0.25) is 0 Å². The molecule has 0 saturated heterocycles. The summed E-state index contributed by atoms with van der Waals surface area (Å²) in [6.07, 6.45) is 0. The Kier molecular flexibility index (Phi) is 2.44. The van der Waals surface area contributed by atoms with E-state index in [2.05, 4.69) is 4.40 Å². The standard InChI is InChI=1S/C9H9ClN2O2S/c1-2-12-7-5-3-4-6-8(7)15(13,14)11-9(12)10/h3-6H,2H2,1H3. The maximum absolute atomic E-state index is 11.6. The predicted molar refractivity (Wildman–Crippen MR) is 59.9 cm³/mol. The second kappa shape index (κ2) is 3.50. The average Bonchev–Trinajstić information content (AvgIpc) is 2.17. The minimum atomic E-state index is -3.62. The number of hydrogen-bond donors (Lipinski definition) is 0. The Bertz CT molecular complexity index is 525. The summed E-state index contributed by atoms with van der Waals surface area (Å²) in [6.45, 7) is 2.46. The van der Waals surface area contributed by atoms with Crippen molar-refractivity contribution in [3.05, 3.63) is 24.3 Å². The summed E-state index contributed by atoms with van der Waals surface area (Å²) in [5.74, 6) is 0. The third-order valence-corrected chi connectivity index (χ3v) is 3.87. The normalized spacial score (nSPS) is 18.3. The molecular formula is C9H9ClN2O2S. The van der Waals surface area contributed by atoms with Crippen LogP contribution in [-0.4, -0.2) is 20.3 Å². The Morgan fingerprint density at radius 1 is 1.40 bits per heavy atom. The maximum atomic E-state index is 11.6. The van der Waals surface area contributed by atoms with Crippen LogP contribution in [0.15, 0.2) is 33.6 Å². The molecule has 15 heavy (non-hydrogen) atoms. The van der Waals surface area contributed by atoms with E-state index in [0.717, 1.165) is 0 Å². The molecule has 1 aliphatic rings. The van der Waals surface area contributed by atoms with Crippen molar-refractivity contribution in [2.45, 2.75) is 11.8 Å². The molecule has 1 aliphatic heterocycles. The van der Waals surface area contributed by atoms with Gasteiger partial charge in [0, 0.05) is 6.54 Å². The monoisotopic (exact) mass is 244 g/mol. The first-order chi connectivity index (χ1) is 7.06. The number of fused-ring (bicyclic) bond motifs is 1. The van der Waals surface area contributed by atoms with Crippen LogP contribution in [0.2, 0.25) is 0 Å². The molecule has 0 unspecified atom stereocenters. The Morgan fingerprint density at radius 2 is 2.07 bits per heavy atom. The minimum Gasteiger partial charge on any atom is -0.315 e. The number of rotatable bonds is 1. The molecule has 0 radical (unpaired) electrons. The zero-order valence-electron chi connectivity index (χ0n) is 8.01. The Hall–Kier alpha value is -1.07. The lowest BCUT2D eigenvalue weighted by atomic mass is 10.3. The van der Waals surface area contributed by atoms with E-state index in [0.29, 0.717) is 12.2 Å². The first kappa shape index (κ1) is 10.4. The van der Waals surface area contributed by atoms with Crippen LogP contribution in [0.4, 0.5) is 5.69 Å². The predicted octanol–water partition coefficient (Wildman–Crippen LogP) is 1.81. The number of benzene rings is 1. The summed E-state index contributed by atoms with van der Waals surface area (Å²) < 4.78 is 26.8. The Balaban J connectivity index is 2.72. The van der Waals surface area contributed by atoms with Gasteiger partial charge in [-0.05, 0) is 30.7 Å². The second-order valence-electron chi connectivity index (χ2n) is 3.05. The van der Waals surface area contributed by atoms with Crippen molar-refractivity contribution in [2.24, 2.45) is 4.40 Å². The molecule has 2 rings (SSSR count).